The topological polar surface area (TPSA) is 56.1 Å². The van der Waals surface area contributed by atoms with Crippen LogP contribution in [0, 0.1) is 23.7 Å². The van der Waals surface area contributed by atoms with Crippen LogP contribution in [0.3, 0.4) is 0 Å². The Labute approximate surface area is 141 Å². The van der Waals surface area contributed by atoms with Gasteiger partial charge in [-0.25, -0.2) is 4.79 Å². The normalized spacial score (nSPS) is 15.0. The number of fused-ring (bicyclic) bond motifs is 1. The van der Waals surface area contributed by atoms with E-state index in [9.17, 15) is 4.79 Å². The minimum Gasteiger partial charge on any atom is -0.308 e. The molecule has 1 aliphatic carbocycles. The van der Waals surface area contributed by atoms with Crippen LogP contribution in [0.15, 0.2) is 48.5 Å². The molecule has 2 amide bonds. The molecule has 0 saturated heterocycles. The van der Waals surface area contributed by atoms with Gasteiger partial charge in [-0.05, 0) is 48.2 Å². The van der Waals surface area contributed by atoms with E-state index in [4.69, 9.17) is 11.7 Å². The maximum atomic E-state index is 12.7. The number of benzene rings is 2. The third-order valence-corrected chi connectivity index (χ3v) is 4.27. The minimum absolute atomic E-state index is 0.00404. The molecule has 0 bridgehead atoms. The van der Waals surface area contributed by atoms with Crippen LogP contribution in [-0.2, 0) is 6.42 Å². The molecule has 2 aromatic rings. The molecule has 0 spiro atoms. The number of anilines is 1. The van der Waals surface area contributed by atoms with E-state index >= 15 is 0 Å². The van der Waals surface area contributed by atoms with Crippen LogP contribution in [0.1, 0.15) is 29.2 Å². The summed E-state index contributed by atoms with van der Waals surface area (Å²) >= 11 is 0. The van der Waals surface area contributed by atoms with Crippen LogP contribution in [0.2, 0.25) is 0 Å². The molecule has 4 heteroatoms. The summed E-state index contributed by atoms with van der Waals surface area (Å²) in [4.78, 5) is 14.4. The Morgan fingerprint density at radius 3 is 2.71 bits per heavy atom. The first kappa shape index (κ1) is 15.6. The Morgan fingerprint density at radius 2 is 2.00 bits per heavy atom. The molecular weight excluding hydrogens is 298 g/mol. The molecule has 2 aromatic carbocycles. The quantitative estimate of drug-likeness (QED) is 0.878. The van der Waals surface area contributed by atoms with Crippen molar-refractivity contribution >= 4 is 11.7 Å². The van der Waals surface area contributed by atoms with E-state index < -0.39 is 0 Å². The highest BCUT2D eigenvalue weighted by Crippen LogP contribution is 2.35. The smallest absolute Gasteiger partial charge is 0.308 e. The van der Waals surface area contributed by atoms with Crippen molar-refractivity contribution in [1.29, 1.82) is 5.26 Å². The van der Waals surface area contributed by atoms with E-state index in [0.717, 1.165) is 12.8 Å². The van der Waals surface area contributed by atoms with Gasteiger partial charge in [-0.15, -0.1) is 6.42 Å². The predicted molar refractivity (Wildman–Crippen MR) is 93.2 cm³/mol. The second-order valence-corrected chi connectivity index (χ2v) is 5.70. The minimum atomic E-state index is -0.223. The standard InChI is InChI=1S/C20H17N3O/c1-2-13-23(19-12-9-16-5-3-4-6-18(16)19)20(24)22-17-10-7-15(14-21)8-11-17/h1,3-8,10-11,19H,9,12-13H2,(H,22,24)/t19-/m1/s1. The number of rotatable bonds is 3. The molecule has 0 fully saturated rings. The SMILES string of the molecule is C#CCN(C(=O)Nc1ccc(C#N)cc1)[C@@H]1CCc2ccccc21. The molecule has 24 heavy (non-hydrogen) atoms. The summed E-state index contributed by atoms with van der Waals surface area (Å²) in [5.74, 6) is 2.58. The van der Waals surface area contributed by atoms with Crippen molar-refractivity contribution in [2.24, 2.45) is 0 Å². The molecule has 4 nitrogen and oxygen atoms in total. The number of carbonyl (C=O) groups excluding carboxylic acids is 1. The van der Waals surface area contributed by atoms with Crippen LogP contribution in [0.5, 0.6) is 0 Å². The first-order valence-corrected chi connectivity index (χ1v) is 7.82. The lowest BCUT2D eigenvalue weighted by atomic mass is 10.1. The van der Waals surface area contributed by atoms with Gasteiger partial charge in [0.1, 0.15) is 0 Å². The van der Waals surface area contributed by atoms with E-state index in [0.29, 0.717) is 11.3 Å². The van der Waals surface area contributed by atoms with Gasteiger partial charge in [-0.2, -0.15) is 5.26 Å². The highest BCUT2D eigenvalue weighted by Gasteiger charge is 2.30. The van der Waals surface area contributed by atoms with Gasteiger partial charge in [0.15, 0.2) is 0 Å². The number of terminal acetylenes is 1. The molecule has 1 N–H and O–H groups in total. The van der Waals surface area contributed by atoms with Gasteiger partial charge in [0.25, 0.3) is 0 Å². The van der Waals surface area contributed by atoms with Crippen molar-refractivity contribution in [3.8, 4) is 18.4 Å². The van der Waals surface area contributed by atoms with Crippen molar-refractivity contribution < 1.29 is 4.79 Å². The van der Waals surface area contributed by atoms with Crippen molar-refractivity contribution in [2.75, 3.05) is 11.9 Å². The summed E-state index contributed by atoms with van der Waals surface area (Å²) in [5, 5.41) is 11.7. The maximum Gasteiger partial charge on any atom is 0.323 e. The number of carbonyl (C=O) groups is 1. The number of hydrogen-bond donors (Lipinski definition) is 1. The fraction of sp³-hybridized carbons (Fsp3) is 0.200. The molecule has 0 radical (unpaired) electrons. The van der Waals surface area contributed by atoms with Crippen LogP contribution >= 0.6 is 0 Å². The average molecular weight is 315 g/mol. The lowest BCUT2D eigenvalue weighted by Crippen LogP contribution is -2.37. The van der Waals surface area contributed by atoms with Crippen molar-refractivity contribution in [3.05, 3.63) is 65.2 Å². The first-order chi connectivity index (χ1) is 11.7. The predicted octanol–water partition coefficient (Wildman–Crippen LogP) is 3.71. The second kappa shape index (κ2) is 6.89. The highest BCUT2D eigenvalue weighted by molar-refractivity contribution is 5.90. The molecule has 118 valence electrons. The number of aryl methyl sites for hydroxylation is 1. The van der Waals surface area contributed by atoms with Gasteiger partial charge in [-0.3, -0.25) is 0 Å². The Bertz CT molecular complexity index is 827. The summed E-state index contributed by atoms with van der Waals surface area (Å²) in [6, 6.07) is 16.8. The Balaban J connectivity index is 1.79. The van der Waals surface area contributed by atoms with Crippen molar-refractivity contribution in [3.63, 3.8) is 0 Å². The molecule has 0 unspecified atom stereocenters. The van der Waals surface area contributed by atoms with Crippen LogP contribution in [-0.4, -0.2) is 17.5 Å². The summed E-state index contributed by atoms with van der Waals surface area (Å²) < 4.78 is 0. The Morgan fingerprint density at radius 1 is 1.25 bits per heavy atom. The summed E-state index contributed by atoms with van der Waals surface area (Å²) in [6.45, 7) is 0.251. The van der Waals surface area contributed by atoms with E-state index in [-0.39, 0.29) is 18.6 Å². The molecular formula is C20H17N3O. The molecule has 1 atom stereocenters. The zero-order valence-electron chi connectivity index (χ0n) is 13.2. The van der Waals surface area contributed by atoms with Gasteiger partial charge < -0.3 is 10.2 Å². The number of nitrogens with one attached hydrogen (secondary N) is 1. The lowest BCUT2D eigenvalue weighted by Gasteiger charge is -2.28. The fourth-order valence-corrected chi connectivity index (χ4v) is 3.10. The van der Waals surface area contributed by atoms with Crippen molar-refractivity contribution in [1.82, 2.24) is 4.90 Å². The third kappa shape index (κ3) is 3.09. The van der Waals surface area contributed by atoms with Gasteiger partial charge in [0.05, 0.1) is 24.2 Å². The van der Waals surface area contributed by atoms with E-state index in [1.807, 2.05) is 12.1 Å². The summed E-state index contributed by atoms with van der Waals surface area (Å²) in [5.41, 5.74) is 3.64. The third-order valence-electron chi connectivity index (χ3n) is 4.27. The van der Waals surface area contributed by atoms with Gasteiger partial charge in [-0.1, -0.05) is 30.2 Å². The van der Waals surface area contributed by atoms with Crippen molar-refractivity contribution in [2.45, 2.75) is 18.9 Å². The number of urea groups is 1. The lowest BCUT2D eigenvalue weighted by molar-refractivity contribution is 0.197. The zero-order chi connectivity index (χ0) is 16.9. The van der Waals surface area contributed by atoms with Gasteiger partial charge in [0.2, 0.25) is 0 Å². The number of nitrogens with zero attached hydrogens (tertiary/aromatic N) is 2. The second-order valence-electron chi connectivity index (χ2n) is 5.70. The van der Waals surface area contributed by atoms with Gasteiger partial charge >= 0.3 is 6.03 Å². The summed E-state index contributed by atoms with van der Waals surface area (Å²) in [6.07, 6.45) is 7.31. The first-order valence-electron chi connectivity index (χ1n) is 7.82. The van der Waals surface area contributed by atoms with Crippen LogP contribution in [0.4, 0.5) is 10.5 Å². The fourth-order valence-electron chi connectivity index (χ4n) is 3.10. The maximum absolute atomic E-state index is 12.7. The molecule has 0 aromatic heterocycles. The van der Waals surface area contributed by atoms with E-state index in [1.54, 1.807) is 29.2 Å². The number of hydrogen-bond acceptors (Lipinski definition) is 2. The molecule has 0 saturated carbocycles. The van der Waals surface area contributed by atoms with E-state index in [2.05, 4.69) is 29.4 Å². The Hall–Kier alpha value is -3.24. The molecule has 1 aliphatic rings. The monoisotopic (exact) mass is 315 g/mol. The van der Waals surface area contributed by atoms with Crippen LogP contribution in [0.25, 0.3) is 0 Å². The Kier molecular flexibility index (Phi) is 4.50. The zero-order valence-corrected chi connectivity index (χ0v) is 13.2. The molecule has 3 rings (SSSR count). The molecule has 0 aliphatic heterocycles. The van der Waals surface area contributed by atoms with Crippen LogP contribution < -0.4 is 5.32 Å². The number of amides is 2. The highest BCUT2D eigenvalue weighted by atomic mass is 16.2. The largest absolute Gasteiger partial charge is 0.323 e. The average Bonchev–Trinajstić information content (AvgIpc) is 3.04. The van der Waals surface area contributed by atoms with Gasteiger partial charge in [0, 0.05) is 5.69 Å². The number of nitriles is 1. The van der Waals surface area contributed by atoms with E-state index in [1.165, 1.54) is 11.1 Å². The molecule has 0 heterocycles. The summed E-state index contributed by atoms with van der Waals surface area (Å²) in [7, 11) is 0.